The molecule has 1 aromatic rings. The van der Waals surface area contributed by atoms with Gasteiger partial charge < -0.3 is 15.0 Å². The lowest BCUT2D eigenvalue weighted by molar-refractivity contribution is -0.385. The molecule has 0 unspecified atom stereocenters. The molecule has 0 spiro atoms. The molecule has 2 heterocycles. The molecule has 3 amide bonds. The topological polar surface area (TPSA) is 131 Å². The summed E-state index contributed by atoms with van der Waals surface area (Å²) >= 11 is 0. The number of nitro benzene ring substituents is 1. The molecule has 3 rings (SSSR count). The maximum atomic E-state index is 11.9. The highest BCUT2D eigenvalue weighted by Gasteiger charge is 2.28. The van der Waals surface area contributed by atoms with Crippen molar-refractivity contribution in [1.29, 1.82) is 0 Å². The molecular weight excluding hydrogens is 368 g/mol. The van der Waals surface area contributed by atoms with Crippen molar-refractivity contribution in [3.05, 3.63) is 39.6 Å². The zero-order chi connectivity index (χ0) is 20.3. The lowest BCUT2D eigenvalue weighted by Crippen LogP contribution is -2.37. The quantitative estimate of drug-likeness (QED) is 0.257. The zero-order valence-electron chi connectivity index (χ0n) is 15.3. The fraction of sp³-hybridized carbons (Fsp3) is 0.389. The molecule has 10 nitrogen and oxygen atoms in total. The van der Waals surface area contributed by atoms with Crippen molar-refractivity contribution in [2.45, 2.75) is 19.8 Å². The van der Waals surface area contributed by atoms with E-state index in [1.165, 1.54) is 12.1 Å². The summed E-state index contributed by atoms with van der Waals surface area (Å²) in [5.74, 6) is -0.979. The molecule has 28 heavy (non-hydrogen) atoms. The first-order chi connectivity index (χ1) is 13.4. The van der Waals surface area contributed by atoms with Crippen molar-refractivity contribution in [2.75, 3.05) is 24.6 Å². The number of nitrogens with zero attached hydrogens (tertiary/aromatic N) is 2. The fourth-order valence-corrected chi connectivity index (χ4v) is 3.29. The lowest BCUT2D eigenvalue weighted by Gasteiger charge is -2.32. The van der Waals surface area contributed by atoms with Crippen molar-refractivity contribution in [3.63, 3.8) is 0 Å². The van der Waals surface area contributed by atoms with Gasteiger partial charge in [0.15, 0.2) is 0 Å². The summed E-state index contributed by atoms with van der Waals surface area (Å²) in [6, 6.07) is 3.94. The van der Waals surface area contributed by atoms with Gasteiger partial charge in [-0.25, -0.2) is 4.79 Å². The molecule has 2 fully saturated rings. The Balaban J connectivity index is 1.81. The molecule has 0 aromatic heterocycles. The summed E-state index contributed by atoms with van der Waals surface area (Å²) in [6.45, 7) is 3.33. The van der Waals surface area contributed by atoms with Gasteiger partial charge in [0.05, 0.1) is 23.0 Å². The minimum atomic E-state index is -0.670. The number of esters is 1. The van der Waals surface area contributed by atoms with Gasteiger partial charge in [-0.1, -0.05) is 0 Å². The maximum absolute atomic E-state index is 11.9. The summed E-state index contributed by atoms with van der Waals surface area (Å²) in [5, 5.41) is 15.7. The number of amides is 3. The second-order valence-electron chi connectivity index (χ2n) is 6.48. The second-order valence-corrected chi connectivity index (χ2v) is 6.48. The number of rotatable bonds is 5. The Labute approximate surface area is 160 Å². The first kappa shape index (κ1) is 19.3. The smallest absolute Gasteiger partial charge is 0.326 e. The highest BCUT2D eigenvalue weighted by molar-refractivity contribution is 6.14. The van der Waals surface area contributed by atoms with E-state index in [9.17, 15) is 24.5 Å². The number of imide groups is 1. The number of ether oxygens (including phenoxy) is 1. The number of urea groups is 1. The molecule has 2 N–H and O–H groups in total. The molecule has 0 bridgehead atoms. The molecule has 1 aromatic carbocycles. The molecule has 0 atom stereocenters. The molecule has 2 saturated heterocycles. The third-order valence-electron chi connectivity index (χ3n) is 4.71. The van der Waals surface area contributed by atoms with Crippen LogP contribution < -0.4 is 15.5 Å². The largest absolute Gasteiger partial charge is 0.466 e. The van der Waals surface area contributed by atoms with Gasteiger partial charge in [0.2, 0.25) is 0 Å². The summed E-state index contributed by atoms with van der Waals surface area (Å²) in [4.78, 5) is 47.7. The number of anilines is 1. The number of nitrogens with one attached hydrogen (secondary N) is 2. The maximum Gasteiger partial charge on any atom is 0.326 e. The van der Waals surface area contributed by atoms with Gasteiger partial charge in [0.25, 0.3) is 11.6 Å². The monoisotopic (exact) mass is 388 g/mol. The molecule has 0 radical (unpaired) electrons. The highest BCUT2D eigenvalue weighted by Crippen LogP contribution is 2.30. The van der Waals surface area contributed by atoms with E-state index in [4.69, 9.17) is 4.74 Å². The average Bonchev–Trinajstić information content (AvgIpc) is 2.98. The summed E-state index contributed by atoms with van der Waals surface area (Å²) < 4.78 is 5.06. The van der Waals surface area contributed by atoms with Crippen LogP contribution in [0.15, 0.2) is 23.9 Å². The minimum absolute atomic E-state index is 0.0498. The van der Waals surface area contributed by atoms with E-state index in [1.807, 2.05) is 4.90 Å². The van der Waals surface area contributed by atoms with Crippen LogP contribution in [-0.4, -0.2) is 42.5 Å². The van der Waals surface area contributed by atoms with Gasteiger partial charge in [0, 0.05) is 24.8 Å². The molecular formula is C18H20N4O6. The lowest BCUT2D eigenvalue weighted by atomic mass is 9.96. The van der Waals surface area contributed by atoms with E-state index >= 15 is 0 Å². The van der Waals surface area contributed by atoms with E-state index in [0.29, 0.717) is 32.5 Å². The Morgan fingerprint density at radius 3 is 2.61 bits per heavy atom. The Bertz CT molecular complexity index is 858. The highest BCUT2D eigenvalue weighted by atomic mass is 16.6. The third kappa shape index (κ3) is 4.11. The standard InChI is InChI=1S/C18H20N4O6/c1-2-28-17(24)11-5-7-21(8-6-11)13-3-4-15(22(26)27)12(9-13)10-14-16(23)20-18(25)19-14/h3-4,9-11H,2,5-8H2,1H3,(H2,19,20,23,25)/b14-10+. The Kier molecular flexibility index (Phi) is 5.57. The van der Waals surface area contributed by atoms with E-state index in [1.54, 1.807) is 19.1 Å². The molecule has 148 valence electrons. The SMILES string of the molecule is CCOC(=O)C1CCN(c2ccc([N+](=O)[O-])c(/C=C3/NC(=O)NC3=O)c2)CC1. The molecule has 0 aliphatic carbocycles. The van der Waals surface area contributed by atoms with Crippen molar-refractivity contribution < 1.29 is 24.0 Å². The van der Waals surface area contributed by atoms with Crippen molar-refractivity contribution >= 4 is 35.4 Å². The first-order valence-corrected chi connectivity index (χ1v) is 8.93. The van der Waals surface area contributed by atoms with Gasteiger partial charge in [-0.2, -0.15) is 0 Å². The van der Waals surface area contributed by atoms with Crippen LogP contribution in [0.3, 0.4) is 0 Å². The summed E-state index contributed by atoms with van der Waals surface area (Å²) in [7, 11) is 0. The van der Waals surface area contributed by atoms with Crippen molar-refractivity contribution in [3.8, 4) is 0 Å². The number of nitro groups is 1. The Morgan fingerprint density at radius 1 is 1.32 bits per heavy atom. The molecule has 0 saturated carbocycles. The van der Waals surface area contributed by atoms with Crippen LogP contribution in [0.4, 0.5) is 16.2 Å². The predicted molar refractivity (Wildman–Crippen MR) is 99.3 cm³/mol. The number of carbonyl (C=O) groups excluding carboxylic acids is 3. The van der Waals surface area contributed by atoms with Gasteiger partial charge in [-0.3, -0.25) is 25.0 Å². The Hall–Kier alpha value is -3.43. The number of piperidine rings is 1. The number of carbonyl (C=O) groups is 3. The van der Waals surface area contributed by atoms with E-state index in [0.717, 1.165) is 5.69 Å². The van der Waals surface area contributed by atoms with Crippen LogP contribution in [0.5, 0.6) is 0 Å². The van der Waals surface area contributed by atoms with Crippen molar-refractivity contribution in [2.24, 2.45) is 5.92 Å². The van der Waals surface area contributed by atoms with Crippen LogP contribution in [0.1, 0.15) is 25.3 Å². The minimum Gasteiger partial charge on any atom is -0.466 e. The van der Waals surface area contributed by atoms with Gasteiger partial charge in [0.1, 0.15) is 5.70 Å². The molecule has 2 aliphatic heterocycles. The van der Waals surface area contributed by atoms with Crippen LogP contribution in [0.2, 0.25) is 0 Å². The van der Waals surface area contributed by atoms with Gasteiger partial charge in [-0.15, -0.1) is 0 Å². The van der Waals surface area contributed by atoms with Crippen molar-refractivity contribution in [1.82, 2.24) is 10.6 Å². The molecule has 10 heteroatoms. The number of hydrogen-bond acceptors (Lipinski definition) is 7. The van der Waals surface area contributed by atoms with Crippen LogP contribution in [-0.2, 0) is 14.3 Å². The van der Waals surface area contributed by atoms with Crippen LogP contribution in [0.25, 0.3) is 6.08 Å². The number of hydrogen-bond donors (Lipinski definition) is 2. The number of benzene rings is 1. The normalized spacial score (nSPS) is 18.8. The summed E-state index contributed by atoms with van der Waals surface area (Å²) in [6.07, 6.45) is 2.54. The van der Waals surface area contributed by atoms with E-state index in [2.05, 4.69) is 10.6 Å². The average molecular weight is 388 g/mol. The fourth-order valence-electron chi connectivity index (χ4n) is 3.29. The van der Waals surface area contributed by atoms with Crippen LogP contribution in [0, 0.1) is 16.0 Å². The predicted octanol–water partition coefficient (Wildman–Crippen LogP) is 1.55. The molecule has 2 aliphatic rings. The Morgan fingerprint density at radius 2 is 2.04 bits per heavy atom. The van der Waals surface area contributed by atoms with Gasteiger partial charge in [-0.05, 0) is 38.0 Å². The van der Waals surface area contributed by atoms with Gasteiger partial charge >= 0.3 is 12.0 Å². The van der Waals surface area contributed by atoms with Crippen LogP contribution >= 0.6 is 0 Å². The van der Waals surface area contributed by atoms with E-state index < -0.39 is 16.9 Å². The van der Waals surface area contributed by atoms with E-state index in [-0.39, 0.29) is 28.8 Å². The zero-order valence-corrected chi connectivity index (χ0v) is 15.3. The third-order valence-corrected chi connectivity index (χ3v) is 4.71. The second kappa shape index (κ2) is 8.07. The first-order valence-electron chi connectivity index (χ1n) is 8.93. The summed E-state index contributed by atoms with van der Waals surface area (Å²) in [5.41, 5.74) is 0.727.